The Bertz CT molecular complexity index is 660. The average molecular weight is 262 g/mol. The van der Waals surface area contributed by atoms with Gasteiger partial charge in [-0.15, -0.1) is 10.2 Å². The molecule has 20 heavy (non-hydrogen) atoms. The molecule has 0 atom stereocenters. The van der Waals surface area contributed by atoms with Crippen molar-refractivity contribution in [1.29, 1.82) is 0 Å². The molecule has 4 N–H and O–H groups in total. The van der Waals surface area contributed by atoms with Crippen LogP contribution in [0.2, 0.25) is 0 Å². The molecule has 3 rings (SSSR count). The first-order valence-electron chi connectivity index (χ1n) is 6.30. The summed E-state index contributed by atoms with van der Waals surface area (Å²) in [4.78, 5) is 0. The molecule has 4 nitrogen and oxygen atoms in total. The Balaban J connectivity index is 2.13. The molecule has 0 saturated heterocycles. The highest BCUT2D eigenvalue weighted by atomic mass is 15.1. The van der Waals surface area contributed by atoms with E-state index in [2.05, 4.69) is 10.2 Å². The van der Waals surface area contributed by atoms with Crippen LogP contribution in [0.15, 0.2) is 60.7 Å². The van der Waals surface area contributed by atoms with Crippen LogP contribution in [0, 0.1) is 0 Å². The van der Waals surface area contributed by atoms with Crippen molar-refractivity contribution < 1.29 is 0 Å². The highest BCUT2D eigenvalue weighted by molar-refractivity contribution is 5.88. The lowest BCUT2D eigenvalue weighted by atomic mass is 10.1. The predicted molar refractivity (Wildman–Crippen MR) is 81.7 cm³/mol. The molecule has 0 radical (unpaired) electrons. The molecule has 3 aromatic rings. The fourth-order valence-electron chi connectivity index (χ4n) is 2.08. The third-order valence-corrected chi connectivity index (χ3v) is 3.14. The topological polar surface area (TPSA) is 77.8 Å². The summed E-state index contributed by atoms with van der Waals surface area (Å²) in [6.45, 7) is 0. The summed E-state index contributed by atoms with van der Waals surface area (Å²) in [5.74, 6) is 0. The number of nitrogens with two attached hydrogens (primary N) is 2. The Hall–Kier alpha value is -2.88. The highest BCUT2D eigenvalue weighted by Gasteiger charge is 2.13. The minimum atomic E-state index is 0.463. The standard InChI is InChI=1S/C16H14N4/c17-13-14(18)16(12-9-5-2-6-10-12)20-19-15(13)11-7-3-1-4-8-11/h1-10H,(H2,18,19)(H2,17,20). The van der Waals surface area contributed by atoms with E-state index in [1.807, 2.05) is 60.7 Å². The van der Waals surface area contributed by atoms with Gasteiger partial charge in [0, 0.05) is 11.1 Å². The molecule has 0 saturated carbocycles. The minimum Gasteiger partial charge on any atom is -0.395 e. The first kappa shape index (κ1) is 12.2. The molecule has 0 amide bonds. The SMILES string of the molecule is Nc1c(-c2ccccc2)nnc(-c2ccccc2)c1N. The molecule has 98 valence electrons. The molecule has 2 aromatic carbocycles. The van der Waals surface area contributed by atoms with E-state index >= 15 is 0 Å². The Morgan fingerprint density at radius 2 is 0.900 bits per heavy atom. The zero-order valence-electron chi connectivity index (χ0n) is 10.8. The fraction of sp³-hybridized carbons (Fsp3) is 0. The van der Waals surface area contributed by atoms with Crippen LogP contribution in [-0.4, -0.2) is 10.2 Å². The Morgan fingerprint density at radius 1 is 0.550 bits per heavy atom. The second-order valence-corrected chi connectivity index (χ2v) is 4.46. The number of anilines is 2. The summed E-state index contributed by atoms with van der Waals surface area (Å²) in [6.07, 6.45) is 0. The van der Waals surface area contributed by atoms with E-state index in [0.29, 0.717) is 22.8 Å². The van der Waals surface area contributed by atoms with E-state index in [1.165, 1.54) is 0 Å². The molecule has 0 fully saturated rings. The van der Waals surface area contributed by atoms with Crippen LogP contribution >= 0.6 is 0 Å². The van der Waals surface area contributed by atoms with Crippen molar-refractivity contribution in [3.8, 4) is 22.5 Å². The monoisotopic (exact) mass is 262 g/mol. The summed E-state index contributed by atoms with van der Waals surface area (Å²) in [5.41, 5.74) is 16.2. The molecule has 0 spiro atoms. The van der Waals surface area contributed by atoms with E-state index < -0.39 is 0 Å². The first-order chi connectivity index (χ1) is 9.77. The van der Waals surface area contributed by atoms with Crippen molar-refractivity contribution in [2.75, 3.05) is 11.5 Å². The molecule has 0 aliphatic carbocycles. The van der Waals surface area contributed by atoms with Crippen molar-refractivity contribution in [2.45, 2.75) is 0 Å². The van der Waals surface area contributed by atoms with E-state index in [0.717, 1.165) is 11.1 Å². The maximum Gasteiger partial charge on any atom is 0.118 e. The zero-order valence-corrected chi connectivity index (χ0v) is 10.8. The van der Waals surface area contributed by atoms with Gasteiger partial charge in [0.05, 0.1) is 11.4 Å². The maximum absolute atomic E-state index is 6.13. The van der Waals surface area contributed by atoms with Crippen LogP contribution in [0.4, 0.5) is 11.4 Å². The van der Waals surface area contributed by atoms with E-state index in [-0.39, 0.29) is 0 Å². The van der Waals surface area contributed by atoms with Gasteiger partial charge in [0.15, 0.2) is 0 Å². The van der Waals surface area contributed by atoms with E-state index in [4.69, 9.17) is 11.5 Å². The molecule has 1 aromatic heterocycles. The molecule has 4 heteroatoms. The molecular weight excluding hydrogens is 248 g/mol. The van der Waals surface area contributed by atoms with Crippen LogP contribution in [0.1, 0.15) is 0 Å². The third-order valence-electron chi connectivity index (χ3n) is 3.14. The Kier molecular flexibility index (Phi) is 3.05. The number of benzene rings is 2. The van der Waals surface area contributed by atoms with Gasteiger partial charge >= 0.3 is 0 Å². The van der Waals surface area contributed by atoms with Gasteiger partial charge in [-0.2, -0.15) is 0 Å². The van der Waals surface area contributed by atoms with E-state index in [1.54, 1.807) is 0 Å². The van der Waals surface area contributed by atoms with Gasteiger partial charge in [0.1, 0.15) is 11.4 Å². The first-order valence-corrected chi connectivity index (χ1v) is 6.30. The number of nitrogen functional groups attached to an aromatic ring is 2. The lowest BCUT2D eigenvalue weighted by Gasteiger charge is -2.10. The number of hydrogen-bond acceptors (Lipinski definition) is 4. The van der Waals surface area contributed by atoms with Crippen LogP contribution in [0.5, 0.6) is 0 Å². The van der Waals surface area contributed by atoms with Crippen molar-refractivity contribution in [3.63, 3.8) is 0 Å². The van der Waals surface area contributed by atoms with Crippen molar-refractivity contribution in [2.24, 2.45) is 0 Å². The second-order valence-electron chi connectivity index (χ2n) is 4.46. The summed E-state index contributed by atoms with van der Waals surface area (Å²) in [7, 11) is 0. The number of nitrogens with zero attached hydrogens (tertiary/aromatic N) is 2. The largest absolute Gasteiger partial charge is 0.395 e. The summed E-state index contributed by atoms with van der Waals surface area (Å²) >= 11 is 0. The van der Waals surface area contributed by atoms with Gasteiger partial charge in [-0.05, 0) is 0 Å². The maximum atomic E-state index is 6.13. The molecule has 0 aliphatic rings. The average Bonchev–Trinajstić information content (AvgIpc) is 2.52. The van der Waals surface area contributed by atoms with Gasteiger partial charge in [-0.25, -0.2) is 0 Å². The molecular formula is C16H14N4. The van der Waals surface area contributed by atoms with Crippen LogP contribution in [0.25, 0.3) is 22.5 Å². The normalized spacial score (nSPS) is 10.4. The van der Waals surface area contributed by atoms with Gasteiger partial charge in [-0.1, -0.05) is 60.7 Å². The van der Waals surface area contributed by atoms with Gasteiger partial charge in [0.25, 0.3) is 0 Å². The van der Waals surface area contributed by atoms with Crippen LogP contribution in [-0.2, 0) is 0 Å². The smallest absolute Gasteiger partial charge is 0.118 e. The van der Waals surface area contributed by atoms with Crippen LogP contribution in [0.3, 0.4) is 0 Å². The molecule has 0 bridgehead atoms. The Labute approximate surface area is 117 Å². The molecule has 1 heterocycles. The molecule has 0 unspecified atom stereocenters. The summed E-state index contributed by atoms with van der Waals surface area (Å²) in [6, 6.07) is 19.3. The second kappa shape index (κ2) is 5.01. The number of aromatic nitrogens is 2. The molecule has 0 aliphatic heterocycles. The van der Waals surface area contributed by atoms with Gasteiger partial charge in [0.2, 0.25) is 0 Å². The van der Waals surface area contributed by atoms with Crippen molar-refractivity contribution in [1.82, 2.24) is 10.2 Å². The van der Waals surface area contributed by atoms with Crippen molar-refractivity contribution >= 4 is 11.4 Å². The lowest BCUT2D eigenvalue weighted by Crippen LogP contribution is -2.04. The van der Waals surface area contributed by atoms with Crippen LogP contribution < -0.4 is 11.5 Å². The summed E-state index contributed by atoms with van der Waals surface area (Å²) < 4.78 is 0. The quantitative estimate of drug-likeness (QED) is 0.744. The lowest BCUT2D eigenvalue weighted by molar-refractivity contribution is 1.05. The van der Waals surface area contributed by atoms with Gasteiger partial charge in [-0.3, -0.25) is 0 Å². The third kappa shape index (κ3) is 2.07. The fourth-order valence-corrected chi connectivity index (χ4v) is 2.08. The summed E-state index contributed by atoms with van der Waals surface area (Å²) in [5, 5.41) is 8.46. The van der Waals surface area contributed by atoms with E-state index in [9.17, 15) is 0 Å². The minimum absolute atomic E-state index is 0.463. The van der Waals surface area contributed by atoms with Crippen molar-refractivity contribution in [3.05, 3.63) is 60.7 Å². The van der Waals surface area contributed by atoms with Gasteiger partial charge < -0.3 is 11.5 Å². The predicted octanol–water partition coefficient (Wildman–Crippen LogP) is 2.98. The number of hydrogen-bond donors (Lipinski definition) is 2. The number of rotatable bonds is 2. The Morgan fingerprint density at radius 3 is 1.25 bits per heavy atom. The highest BCUT2D eigenvalue weighted by Crippen LogP contribution is 2.33. The zero-order chi connectivity index (χ0) is 13.9.